The topological polar surface area (TPSA) is 21.1 Å². The van der Waals surface area contributed by atoms with Crippen molar-refractivity contribution in [3.05, 3.63) is 17.5 Å². The Hall–Kier alpha value is -0.830. The second kappa shape index (κ2) is 2.90. The Balaban J connectivity index is 2.28. The average Bonchev–Trinajstić information content (AvgIpc) is 2.46. The van der Waals surface area contributed by atoms with Gasteiger partial charge in [0.05, 0.1) is 5.69 Å². The lowest BCUT2D eigenvalue weighted by atomic mass is 10.1. The van der Waals surface area contributed by atoms with E-state index in [2.05, 4.69) is 30.2 Å². The second-order valence-electron chi connectivity index (χ2n) is 3.44. The van der Waals surface area contributed by atoms with Gasteiger partial charge in [-0.3, -0.25) is 4.68 Å². The Morgan fingerprint density at radius 1 is 1.58 bits per heavy atom. The molecule has 0 N–H and O–H groups in total. The lowest BCUT2D eigenvalue weighted by molar-refractivity contribution is 0.311. The molecule has 0 aromatic carbocycles. The van der Waals surface area contributed by atoms with Crippen molar-refractivity contribution in [2.45, 2.75) is 26.4 Å². The van der Waals surface area contributed by atoms with Crippen LogP contribution in [0.5, 0.6) is 0 Å². The van der Waals surface area contributed by atoms with Crippen LogP contribution in [0, 0.1) is 0 Å². The third kappa shape index (κ3) is 1.25. The Morgan fingerprint density at radius 2 is 2.42 bits per heavy atom. The van der Waals surface area contributed by atoms with E-state index in [1.165, 1.54) is 11.3 Å². The highest BCUT2D eigenvalue weighted by molar-refractivity contribution is 5.19. The predicted octanol–water partition coefficient (Wildman–Crippen LogP) is 0.891. The first-order valence-corrected chi connectivity index (χ1v) is 4.53. The maximum atomic E-state index is 4.49. The van der Waals surface area contributed by atoms with Gasteiger partial charge < -0.3 is 4.90 Å². The summed E-state index contributed by atoms with van der Waals surface area (Å²) >= 11 is 0. The third-order valence-electron chi connectivity index (χ3n) is 2.42. The molecule has 12 heavy (non-hydrogen) atoms. The van der Waals surface area contributed by atoms with Crippen molar-refractivity contribution in [2.75, 3.05) is 13.6 Å². The Labute approximate surface area is 73.0 Å². The standard InChI is InChI=1S/C9H15N3/c1-3-12-7-8-6-11(2)5-4-9(8)10-12/h7H,3-6H2,1-2H3. The van der Waals surface area contributed by atoms with E-state index in [0.717, 1.165) is 26.1 Å². The molecule has 1 aromatic rings. The van der Waals surface area contributed by atoms with Crippen LogP contribution in [0.25, 0.3) is 0 Å². The Bertz CT molecular complexity index is 277. The summed E-state index contributed by atoms with van der Waals surface area (Å²) in [6.45, 7) is 5.32. The van der Waals surface area contributed by atoms with Gasteiger partial charge in [-0.1, -0.05) is 0 Å². The van der Waals surface area contributed by atoms with E-state index in [9.17, 15) is 0 Å². The fraction of sp³-hybridized carbons (Fsp3) is 0.667. The number of rotatable bonds is 1. The summed E-state index contributed by atoms with van der Waals surface area (Å²) in [5, 5.41) is 4.49. The molecule has 0 unspecified atom stereocenters. The highest BCUT2D eigenvalue weighted by Crippen LogP contribution is 2.15. The van der Waals surface area contributed by atoms with Crippen LogP contribution < -0.4 is 0 Å². The highest BCUT2D eigenvalue weighted by atomic mass is 15.3. The smallest absolute Gasteiger partial charge is 0.0682 e. The number of fused-ring (bicyclic) bond motifs is 1. The van der Waals surface area contributed by atoms with Crippen LogP contribution in [0.1, 0.15) is 18.2 Å². The summed E-state index contributed by atoms with van der Waals surface area (Å²) in [5.74, 6) is 0. The molecule has 1 aliphatic heterocycles. The number of hydrogen-bond acceptors (Lipinski definition) is 2. The number of aryl methyl sites for hydroxylation is 1. The molecular weight excluding hydrogens is 150 g/mol. The zero-order chi connectivity index (χ0) is 8.55. The molecule has 0 spiro atoms. The quantitative estimate of drug-likeness (QED) is 0.616. The molecular formula is C9H15N3. The second-order valence-corrected chi connectivity index (χ2v) is 3.44. The van der Waals surface area contributed by atoms with Crippen molar-refractivity contribution >= 4 is 0 Å². The molecule has 0 radical (unpaired) electrons. The van der Waals surface area contributed by atoms with Gasteiger partial charge in [0.1, 0.15) is 0 Å². The lowest BCUT2D eigenvalue weighted by Crippen LogP contribution is -2.25. The van der Waals surface area contributed by atoms with Crippen LogP contribution in [0.2, 0.25) is 0 Å². The van der Waals surface area contributed by atoms with E-state index in [1.54, 1.807) is 0 Å². The van der Waals surface area contributed by atoms with Crippen molar-refractivity contribution in [1.29, 1.82) is 0 Å². The molecule has 66 valence electrons. The summed E-state index contributed by atoms with van der Waals surface area (Å²) in [6, 6.07) is 0. The van der Waals surface area contributed by atoms with E-state index in [0.29, 0.717) is 0 Å². The number of hydrogen-bond donors (Lipinski definition) is 0. The Morgan fingerprint density at radius 3 is 3.17 bits per heavy atom. The van der Waals surface area contributed by atoms with Crippen LogP contribution in [-0.2, 0) is 19.5 Å². The van der Waals surface area contributed by atoms with Crippen molar-refractivity contribution in [3.63, 3.8) is 0 Å². The van der Waals surface area contributed by atoms with Crippen LogP contribution >= 0.6 is 0 Å². The molecule has 2 heterocycles. The summed E-state index contributed by atoms with van der Waals surface area (Å²) in [4.78, 5) is 2.34. The molecule has 0 fully saturated rings. The molecule has 3 heteroatoms. The summed E-state index contributed by atoms with van der Waals surface area (Å²) < 4.78 is 2.03. The summed E-state index contributed by atoms with van der Waals surface area (Å²) in [6.07, 6.45) is 3.28. The van der Waals surface area contributed by atoms with Crippen molar-refractivity contribution in [1.82, 2.24) is 14.7 Å². The molecule has 2 rings (SSSR count). The lowest BCUT2D eigenvalue weighted by Gasteiger charge is -2.20. The largest absolute Gasteiger partial charge is 0.302 e. The maximum absolute atomic E-state index is 4.49. The first-order chi connectivity index (χ1) is 5.79. The maximum Gasteiger partial charge on any atom is 0.0682 e. The molecule has 0 saturated heterocycles. The minimum atomic E-state index is 0.983. The normalized spacial score (nSPS) is 17.8. The number of aromatic nitrogens is 2. The van der Waals surface area contributed by atoms with Gasteiger partial charge in [0.2, 0.25) is 0 Å². The van der Waals surface area contributed by atoms with Gasteiger partial charge in [-0.05, 0) is 14.0 Å². The van der Waals surface area contributed by atoms with E-state index in [4.69, 9.17) is 0 Å². The van der Waals surface area contributed by atoms with Gasteiger partial charge in [-0.15, -0.1) is 0 Å². The van der Waals surface area contributed by atoms with Gasteiger partial charge in [-0.25, -0.2) is 0 Å². The highest BCUT2D eigenvalue weighted by Gasteiger charge is 2.15. The van der Waals surface area contributed by atoms with E-state index >= 15 is 0 Å². The molecule has 0 amide bonds. The average molecular weight is 165 g/mol. The molecule has 0 bridgehead atoms. The van der Waals surface area contributed by atoms with Crippen molar-refractivity contribution in [3.8, 4) is 0 Å². The van der Waals surface area contributed by atoms with Crippen LogP contribution in [0.3, 0.4) is 0 Å². The van der Waals surface area contributed by atoms with E-state index in [1.807, 2.05) is 4.68 Å². The monoisotopic (exact) mass is 165 g/mol. The third-order valence-corrected chi connectivity index (χ3v) is 2.42. The Kier molecular flexibility index (Phi) is 1.89. The minimum absolute atomic E-state index is 0.983. The molecule has 0 saturated carbocycles. The number of nitrogens with zero attached hydrogens (tertiary/aromatic N) is 3. The van der Waals surface area contributed by atoms with E-state index < -0.39 is 0 Å². The van der Waals surface area contributed by atoms with Gasteiger partial charge in [0.15, 0.2) is 0 Å². The first kappa shape index (κ1) is 7.80. The van der Waals surface area contributed by atoms with Crippen LogP contribution in [-0.4, -0.2) is 28.3 Å². The molecule has 0 atom stereocenters. The van der Waals surface area contributed by atoms with Crippen LogP contribution in [0.4, 0.5) is 0 Å². The summed E-state index contributed by atoms with van der Waals surface area (Å²) in [5.41, 5.74) is 2.71. The molecule has 0 aliphatic carbocycles. The fourth-order valence-corrected chi connectivity index (χ4v) is 1.67. The van der Waals surface area contributed by atoms with Crippen LogP contribution in [0.15, 0.2) is 6.20 Å². The summed E-state index contributed by atoms with van der Waals surface area (Å²) in [7, 11) is 2.16. The molecule has 1 aliphatic rings. The SMILES string of the molecule is CCn1cc2c(n1)CCN(C)C2. The van der Waals surface area contributed by atoms with Gasteiger partial charge in [0.25, 0.3) is 0 Å². The minimum Gasteiger partial charge on any atom is -0.302 e. The van der Waals surface area contributed by atoms with Crippen molar-refractivity contribution in [2.24, 2.45) is 0 Å². The number of likely N-dealkylation sites (N-methyl/N-ethyl adjacent to an activating group) is 1. The first-order valence-electron chi connectivity index (χ1n) is 4.53. The predicted molar refractivity (Wildman–Crippen MR) is 47.9 cm³/mol. The molecule has 3 nitrogen and oxygen atoms in total. The zero-order valence-electron chi connectivity index (χ0n) is 7.75. The van der Waals surface area contributed by atoms with E-state index in [-0.39, 0.29) is 0 Å². The van der Waals surface area contributed by atoms with Gasteiger partial charge >= 0.3 is 0 Å². The fourth-order valence-electron chi connectivity index (χ4n) is 1.67. The van der Waals surface area contributed by atoms with Gasteiger partial charge in [-0.2, -0.15) is 5.10 Å². The van der Waals surface area contributed by atoms with Gasteiger partial charge in [0, 0.05) is 37.8 Å². The van der Waals surface area contributed by atoms with Crippen molar-refractivity contribution < 1.29 is 0 Å². The zero-order valence-corrected chi connectivity index (χ0v) is 7.75. The molecule has 1 aromatic heterocycles.